The highest BCUT2D eigenvalue weighted by Gasteiger charge is 2.82. The van der Waals surface area contributed by atoms with Crippen LogP contribution in [0.4, 0.5) is 11.8 Å². The third-order valence-corrected chi connectivity index (χ3v) is 11.7. The summed E-state index contributed by atoms with van der Waals surface area (Å²) in [5, 5.41) is 22.5. The number of nitrogens with zero attached hydrogens (tertiary/aromatic N) is 7. The van der Waals surface area contributed by atoms with Gasteiger partial charge in [0.25, 0.3) is 5.56 Å². The monoisotopic (exact) mass is 684 g/mol. The van der Waals surface area contributed by atoms with E-state index < -0.39 is 94.4 Å². The van der Waals surface area contributed by atoms with Gasteiger partial charge in [-0.25, -0.2) is 19.9 Å². The highest BCUT2D eigenvalue weighted by Crippen LogP contribution is 2.75. The second kappa shape index (κ2) is 10.1. The summed E-state index contributed by atoms with van der Waals surface area (Å²) in [6.45, 7) is -1.33. The van der Waals surface area contributed by atoms with E-state index in [2.05, 4.69) is 29.9 Å². The van der Waals surface area contributed by atoms with Gasteiger partial charge in [0.15, 0.2) is 35.1 Å². The first-order chi connectivity index (χ1) is 21.8. The number of ether oxygens (including phenoxy) is 3. The summed E-state index contributed by atoms with van der Waals surface area (Å²) in [7, 11) is -9.32. The zero-order valence-electron chi connectivity index (χ0n) is 23.2. The molecule has 24 heteroatoms. The van der Waals surface area contributed by atoms with Crippen molar-refractivity contribution in [2.45, 2.75) is 48.1 Å². The largest absolute Gasteiger partial charge is 0.388 e. The zero-order chi connectivity index (χ0) is 32.3. The van der Waals surface area contributed by atoms with E-state index in [1.165, 1.54) is 28.1 Å². The van der Waals surface area contributed by atoms with Crippen molar-refractivity contribution in [2.75, 3.05) is 31.0 Å². The van der Waals surface area contributed by atoms with Crippen LogP contribution in [0.2, 0.25) is 0 Å². The Morgan fingerprint density at radius 3 is 2.50 bits per heavy atom. The Hall–Kier alpha value is -3.40. The molecule has 0 bridgehead atoms. The van der Waals surface area contributed by atoms with Crippen molar-refractivity contribution >= 4 is 49.3 Å². The van der Waals surface area contributed by atoms with Crippen LogP contribution in [0, 0.1) is 5.92 Å². The van der Waals surface area contributed by atoms with Gasteiger partial charge in [-0.15, -0.1) is 0 Å². The molecular weight excluding hydrogens is 658 g/mol. The van der Waals surface area contributed by atoms with Crippen LogP contribution < -0.4 is 17.0 Å². The molecule has 22 nitrogen and oxygen atoms in total. The maximum Gasteiger partial charge on any atom is 0.353 e. The van der Waals surface area contributed by atoms with Crippen LogP contribution in [0.1, 0.15) is 12.5 Å². The predicted molar refractivity (Wildman–Crippen MR) is 150 cm³/mol. The van der Waals surface area contributed by atoms with E-state index in [0.29, 0.717) is 0 Å². The Morgan fingerprint density at radius 1 is 0.978 bits per heavy atom. The van der Waals surface area contributed by atoms with E-state index in [0.717, 1.165) is 0 Å². The SMILES string of the molecule is Nc1nc2c(ncn2[C@@H]2O[C@]34COP(=O)(O)CO[C@@H]5C(O)[C@H](n6cnc7c(N)ncnc76)O[C@@H]5COP(=O)(O)[C@@H]3C4C2O)c(=O)[nH]1. The second-order valence-corrected chi connectivity index (χ2v) is 15.1. The molecule has 246 valence electrons. The molecule has 1 saturated carbocycles. The third-order valence-electron chi connectivity index (χ3n) is 8.69. The van der Waals surface area contributed by atoms with Crippen molar-refractivity contribution in [3.8, 4) is 0 Å². The number of nitrogens with two attached hydrogens (primary N) is 2. The third kappa shape index (κ3) is 4.38. The Morgan fingerprint density at radius 2 is 1.72 bits per heavy atom. The highest BCUT2D eigenvalue weighted by molar-refractivity contribution is 7.54. The molecule has 5 unspecified atom stereocenters. The van der Waals surface area contributed by atoms with Gasteiger partial charge < -0.3 is 54.7 Å². The number of anilines is 2. The van der Waals surface area contributed by atoms with Crippen molar-refractivity contribution in [2.24, 2.45) is 5.92 Å². The van der Waals surface area contributed by atoms with Gasteiger partial charge in [0.05, 0.1) is 25.9 Å². The number of imidazole rings is 2. The predicted octanol–water partition coefficient (Wildman–Crippen LogP) is -2.23. The number of aliphatic hydroxyl groups is 2. The lowest BCUT2D eigenvalue weighted by Crippen LogP contribution is -2.38. The fourth-order valence-electron chi connectivity index (χ4n) is 6.59. The molecule has 9 N–H and O–H groups in total. The molecule has 0 amide bonds. The fourth-order valence-corrected chi connectivity index (χ4v) is 9.56. The first-order valence-electron chi connectivity index (χ1n) is 13.7. The number of H-pyrrole nitrogens is 1. The van der Waals surface area contributed by atoms with Crippen LogP contribution in [0.25, 0.3) is 22.3 Å². The topological polar surface area (TPSA) is 320 Å². The molecule has 4 fully saturated rings. The smallest absolute Gasteiger partial charge is 0.353 e. The van der Waals surface area contributed by atoms with Crippen LogP contribution in [0.3, 0.4) is 0 Å². The van der Waals surface area contributed by atoms with Crippen LogP contribution in [-0.2, 0) is 32.4 Å². The van der Waals surface area contributed by atoms with Gasteiger partial charge in [-0.3, -0.25) is 28.0 Å². The summed E-state index contributed by atoms with van der Waals surface area (Å²) in [4.78, 5) is 56.6. The minimum Gasteiger partial charge on any atom is -0.388 e. The number of aromatic amines is 1. The minimum absolute atomic E-state index is 0.0318. The van der Waals surface area contributed by atoms with E-state index >= 15 is 0 Å². The Kier molecular flexibility index (Phi) is 6.55. The van der Waals surface area contributed by atoms with E-state index in [1.807, 2.05) is 0 Å². The maximum atomic E-state index is 13.7. The number of aromatic nitrogens is 8. The van der Waals surface area contributed by atoms with E-state index in [9.17, 15) is 33.9 Å². The van der Waals surface area contributed by atoms with Crippen molar-refractivity contribution in [1.82, 2.24) is 39.0 Å². The minimum atomic E-state index is -4.71. The molecule has 0 aromatic carbocycles. The molecule has 8 rings (SSSR count). The summed E-state index contributed by atoms with van der Waals surface area (Å²) in [6.07, 6.45) is -5.36. The number of rotatable bonds is 2. The van der Waals surface area contributed by atoms with E-state index in [-0.39, 0.29) is 34.1 Å². The van der Waals surface area contributed by atoms with Crippen LogP contribution in [0.15, 0.2) is 23.8 Å². The number of nitrogens with one attached hydrogen (secondary N) is 1. The van der Waals surface area contributed by atoms with Gasteiger partial charge in [-0.05, 0) is 0 Å². The lowest BCUT2D eigenvalue weighted by atomic mass is 10.1. The van der Waals surface area contributed by atoms with Crippen LogP contribution in [0.5, 0.6) is 0 Å². The molecule has 7 heterocycles. The lowest BCUT2D eigenvalue weighted by Gasteiger charge is -2.28. The number of aliphatic hydroxyl groups excluding tert-OH is 2. The Balaban J connectivity index is 1.09. The summed E-state index contributed by atoms with van der Waals surface area (Å²) >= 11 is 0. The maximum absolute atomic E-state index is 13.7. The van der Waals surface area contributed by atoms with Gasteiger partial charge >= 0.3 is 15.2 Å². The van der Waals surface area contributed by atoms with Gasteiger partial charge in [0.1, 0.15) is 53.9 Å². The van der Waals surface area contributed by atoms with Crippen LogP contribution in [-0.4, -0.2) is 114 Å². The standard InChI is InChI=1S/C22H26N10O12P2/c23-15-9-16(26-3-25-15)31(4-27-9)19-12(34)13-7(43-19)1-41-46(38,39)14-8-11(33)20(44-22(8,14)2-42-45(36,37)6-40-13)32-5-28-10-17(32)29-21(24)30-18(10)35/h3-5,7-8,11-14,19-20,33-34H,1-2,6H2,(H,36,37)(H,38,39)(H2,23,25,26)(H3,24,29,30,35)/t7-,8?,11?,12?,13+,14-,19-,20-,22+/m1/s1. The van der Waals surface area contributed by atoms with E-state index in [4.69, 9.17) is 34.7 Å². The first kappa shape index (κ1) is 30.0. The van der Waals surface area contributed by atoms with Crippen molar-refractivity contribution in [1.29, 1.82) is 0 Å². The average Bonchev–Trinajstić information content (AvgIpc) is 3.40. The number of hydrogen-bond donors (Lipinski definition) is 7. The molecule has 4 aliphatic rings. The zero-order valence-corrected chi connectivity index (χ0v) is 25.0. The molecule has 46 heavy (non-hydrogen) atoms. The van der Waals surface area contributed by atoms with Gasteiger partial charge in [-0.1, -0.05) is 0 Å². The molecule has 3 aliphatic heterocycles. The Bertz CT molecular complexity index is 2040. The second-order valence-electron chi connectivity index (χ2n) is 11.4. The highest BCUT2D eigenvalue weighted by atomic mass is 31.2. The summed E-state index contributed by atoms with van der Waals surface area (Å²) in [6, 6.07) is 0. The molecule has 3 saturated heterocycles. The fraction of sp³-hybridized carbons (Fsp3) is 0.545. The molecular formula is C22H26N10O12P2. The molecule has 4 aromatic heterocycles. The number of nitrogen functional groups attached to an aromatic ring is 2. The summed E-state index contributed by atoms with van der Waals surface area (Å²) in [5.41, 5.74) is 8.02. The van der Waals surface area contributed by atoms with Gasteiger partial charge in [-0.2, -0.15) is 4.98 Å². The van der Waals surface area contributed by atoms with Gasteiger partial charge in [0.2, 0.25) is 5.95 Å². The molecule has 1 aliphatic carbocycles. The van der Waals surface area contributed by atoms with Gasteiger partial charge in [0, 0.05) is 5.92 Å². The quantitative estimate of drug-likeness (QED) is 0.110. The number of fused-ring (bicyclic) bond motifs is 4. The normalized spacial score (nSPS) is 41.0. The lowest BCUT2D eigenvalue weighted by molar-refractivity contribution is -0.0905. The Labute approximate surface area is 255 Å². The summed E-state index contributed by atoms with van der Waals surface area (Å²) in [5.74, 6) is -1.28. The van der Waals surface area contributed by atoms with Crippen LogP contribution >= 0.6 is 15.2 Å². The molecule has 11 atom stereocenters. The van der Waals surface area contributed by atoms with Crippen molar-refractivity contribution in [3.05, 3.63) is 29.3 Å². The van der Waals surface area contributed by atoms with Crippen molar-refractivity contribution < 1.29 is 52.4 Å². The molecule has 0 radical (unpaired) electrons. The molecule has 1 spiro atoms. The average molecular weight is 684 g/mol. The van der Waals surface area contributed by atoms with E-state index in [1.54, 1.807) is 0 Å². The number of hydrogen-bond acceptors (Lipinski definition) is 17. The molecule has 4 aromatic rings. The first-order valence-corrected chi connectivity index (χ1v) is 17.1. The summed E-state index contributed by atoms with van der Waals surface area (Å²) < 4.78 is 57.9. The van der Waals surface area contributed by atoms with Crippen molar-refractivity contribution in [3.63, 3.8) is 0 Å².